The van der Waals surface area contributed by atoms with Crippen molar-refractivity contribution in [3.63, 3.8) is 0 Å². The molecular weight excluding hydrogens is 117 g/mol. The molecule has 1 nitrogen and oxygen atoms in total. The van der Waals surface area contributed by atoms with Crippen LogP contribution >= 0.6 is 9.39 Å². The average Bonchev–Trinajstić information content (AvgIpc) is 1.83. The van der Waals surface area contributed by atoms with Crippen LogP contribution in [0.2, 0.25) is 0 Å². The van der Waals surface area contributed by atoms with Gasteiger partial charge in [-0.25, -0.2) is 0 Å². The van der Waals surface area contributed by atoms with Gasteiger partial charge in [-0.1, -0.05) is 29.7 Å². The van der Waals surface area contributed by atoms with E-state index in [4.69, 9.17) is 0 Å². The molecule has 0 aromatic heterocycles. The molecule has 0 aliphatic carbocycles. The van der Waals surface area contributed by atoms with Crippen molar-refractivity contribution in [2.24, 2.45) is 0 Å². The fraction of sp³-hybridized carbons (Fsp3) is 1.00. The molecule has 0 aromatic rings. The Kier molecular flexibility index (Phi) is 5.79. The zero-order valence-electron chi connectivity index (χ0n) is 5.78. The number of hydrogen-bond acceptors (Lipinski definition) is 1. The van der Waals surface area contributed by atoms with E-state index >= 15 is 0 Å². The van der Waals surface area contributed by atoms with Crippen LogP contribution in [-0.2, 0) is 0 Å². The lowest BCUT2D eigenvalue weighted by molar-refractivity contribution is 0.554. The molecule has 2 unspecified atom stereocenters. The summed E-state index contributed by atoms with van der Waals surface area (Å²) < 4.78 is 0. The van der Waals surface area contributed by atoms with Gasteiger partial charge < -0.3 is 0 Å². The highest BCUT2D eigenvalue weighted by atomic mass is 31.0. The van der Waals surface area contributed by atoms with E-state index < -0.39 is 0 Å². The van der Waals surface area contributed by atoms with E-state index in [0.29, 0.717) is 6.04 Å². The minimum absolute atomic E-state index is 0.713. The first kappa shape index (κ1) is 8.39. The summed E-state index contributed by atoms with van der Waals surface area (Å²) in [6, 6.07) is 0.713. The van der Waals surface area contributed by atoms with Gasteiger partial charge in [0.1, 0.15) is 0 Å². The van der Waals surface area contributed by atoms with Crippen molar-refractivity contribution in [3.8, 4) is 0 Å². The highest BCUT2D eigenvalue weighted by Gasteiger charge is 1.97. The first-order valence-corrected chi connectivity index (χ1v) is 3.89. The van der Waals surface area contributed by atoms with E-state index in [0.717, 1.165) is 0 Å². The summed E-state index contributed by atoms with van der Waals surface area (Å²) in [4.78, 5) is 0. The largest absolute Gasteiger partial charge is 0.298 e. The van der Waals surface area contributed by atoms with Crippen molar-refractivity contribution < 1.29 is 0 Å². The van der Waals surface area contributed by atoms with Gasteiger partial charge >= 0.3 is 0 Å². The maximum absolute atomic E-state index is 3.17. The van der Waals surface area contributed by atoms with Crippen LogP contribution in [0.5, 0.6) is 0 Å². The summed E-state index contributed by atoms with van der Waals surface area (Å²) in [5.41, 5.74) is 0. The molecule has 2 atom stereocenters. The fourth-order valence-electron chi connectivity index (χ4n) is 0.754. The Morgan fingerprint density at radius 1 is 1.50 bits per heavy atom. The van der Waals surface area contributed by atoms with Crippen LogP contribution in [0.15, 0.2) is 0 Å². The van der Waals surface area contributed by atoms with E-state index in [9.17, 15) is 0 Å². The van der Waals surface area contributed by atoms with Crippen LogP contribution in [0.4, 0.5) is 0 Å². The summed E-state index contributed by atoms with van der Waals surface area (Å²) in [6.07, 6.45) is 3.80. The van der Waals surface area contributed by atoms with E-state index in [-0.39, 0.29) is 0 Å². The molecule has 0 aromatic carbocycles. The lowest BCUT2D eigenvalue weighted by Gasteiger charge is -2.10. The molecule has 0 amide bonds. The number of rotatable bonds is 4. The second kappa shape index (κ2) is 5.53. The van der Waals surface area contributed by atoms with Crippen molar-refractivity contribution in [3.05, 3.63) is 0 Å². The Hall–Kier alpha value is 0.390. The molecule has 1 N–H and O–H groups in total. The van der Waals surface area contributed by atoms with Crippen LogP contribution < -0.4 is 5.09 Å². The Balaban J connectivity index is 3.07. The summed E-state index contributed by atoms with van der Waals surface area (Å²) in [5.74, 6) is 0. The van der Waals surface area contributed by atoms with Gasteiger partial charge in [0, 0.05) is 6.04 Å². The van der Waals surface area contributed by atoms with Gasteiger partial charge in [0.2, 0.25) is 0 Å². The lowest BCUT2D eigenvalue weighted by atomic mass is 10.1. The highest BCUT2D eigenvalue weighted by Crippen LogP contribution is 2.01. The SMILES string of the molecule is CCCC(CC)NP. The number of nitrogens with one attached hydrogen (secondary N) is 1. The lowest BCUT2D eigenvalue weighted by Crippen LogP contribution is -2.17. The van der Waals surface area contributed by atoms with Gasteiger partial charge in [-0.2, -0.15) is 0 Å². The third-order valence-corrected chi connectivity index (χ3v) is 1.84. The molecule has 8 heavy (non-hydrogen) atoms. The molecule has 50 valence electrons. The minimum Gasteiger partial charge on any atom is -0.298 e. The molecule has 0 saturated heterocycles. The van der Waals surface area contributed by atoms with Crippen LogP contribution in [0.3, 0.4) is 0 Å². The Morgan fingerprint density at radius 2 is 2.12 bits per heavy atom. The molecule has 2 heteroatoms. The molecule has 0 aliphatic heterocycles. The topological polar surface area (TPSA) is 12.0 Å². The fourth-order valence-corrected chi connectivity index (χ4v) is 1.16. The zero-order chi connectivity index (χ0) is 6.41. The Morgan fingerprint density at radius 3 is 2.25 bits per heavy atom. The van der Waals surface area contributed by atoms with Crippen molar-refractivity contribution in [1.29, 1.82) is 0 Å². The average molecular weight is 133 g/mol. The van der Waals surface area contributed by atoms with Gasteiger partial charge in [0.15, 0.2) is 0 Å². The first-order chi connectivity index (χ1) is 3.85. The smallest absolute Gasteiger partial charge is 0.00961 e. The maximum atomic E-state index is 3.17. The number of hydrogen-bond donors (Lipinski definition) is 1. The monoisotopic (exact) mass is 133 g/mol. The van der Waals surface area contributed by atoms with E-state index in [1.54, 1.807) is 0 Å². The molecule has 0 spiro atoms. The molecular formula is C6H16NP. The second-order valence-electron chi connectivity index (χ2n) is 2.06. The van der Waals surface area contributed by atoms with Crippen molar-refractivity contribution >= 4 is 9.39 Å². The van der Waals surface area contributed by atoms with Crippen LogP contribution in [0.25, 0.3) is 0 Å². The van der Waals surface area contributed by atoms with Crippen LogP contribution in [-0.4, -0.2) is 6.04 Å². The molecule has 0 aliphatic rings. The quantitative estimate of drug-likeness (QED) is 0.578. The van der Waals surface area contributed by atoms with E-state index in [2.05, 4.69) is 28.3 Å². The van der Waals surface area contributed by atoms with Crippen molar-refractivity contribution in [2.75, 3.05) is 0 Å². The third kappa shape index (κ3) is 3.40. The minimum atomic E-state index is 0.713. The van der Waals surface area contributed by atoms with Crippen LogP contribution in [0, 0.1) is 0 Å². The van der Waals surface area contributed by atoms with Gasteiger partial charge in [-0.3, -0.25) is 5.09 Å². The Labute approximate surface area is 54.5 Å². The zero-order valence-corrected chi connectivity index (χ0v) is 6.93. The summed E-state index contributed by atoms with van der Waals surface area (Å²) in [7, 11) is 2.56. The molecule has 0 bridgehead atoms. The van der Waals surface area contributed by atoms with Crippen molar-refractivity contribution in [2.45, 2.75) is 39.2 Å². The summed E-state index contributed by atoms with van der Waals surface area (Å²) in [5, 5.41) is 3.17. The summed E-state index contributed by atoms with van der Waals surface area (Å²) >= 11 is 0. The second-order valence-corrected chi connectivity index (χ2v) is 2.39. The highest BCUT2D eigenvalue weighted by molar-refractivity contribution is 7.13. The predicted molar refractivity (Wildman–Crippen MR) is 41.8 cm³/mol. The van der Waals surface area contributed by atoms with E-state index in [1.165, 1.54) is 19.3 Å². The maximum Gasteiger partial charge on any atom is 0.00961 e. The van der Waals surface area contributed by atoms with Gasteiger partial charge in [0.25, 0.3) is 0 Å². The molecule has 0 saturated carbocycles. The predicted octanol–water partition coefficient (Wildman–Crippen LogP) is 1.94. The van der Waals surface area contributed by atoms with Gasteiger partial charge in [-0.05, 0) is 12.8 Å². The summed E-state index contributed by atoms with van der Waals surface area (Å²) in [6.45, 7) is 4.42. The molecule has 0 fully saturated rings. The third-order valence-electron chi connectivity index (χ3n) is 1.37. The standard InChI is InChI=1S/C6H16NP/c1-3-5-6(4-2)7-8/h6-7H,3-5,8H2,1-2H3. The van der Waals surface area contributed by atoms with Crippen LogP contribution in [0.1, 0.15) is 33.1 Å². The first-order valence-electron chi connectivity index (χ1n) is 3.31. The van der Waals surface area contributed by atoms with E-state index in [1.807, 2.05) is 0 Å². The molecule has 0 rings (SSSR count). The van der Waals surface area contributed by atoms with Gasteiger partial charge in [0.05, 0.1) is 0 Å². The Bertz CT molecular complexity index is 43.8. The van der Waals surface area contributed by atoms with Gasteiger partial charge in [-0.15, -0.1) is 0 Å². The molecule has 0 heterocycles. The molecule has 0 radical (unpaired) electrons. The van der Waals surface area contributed by atoms with Crippen molar-refractivity contribution in [1.82, 2.24) is 5.09 Å². The normalized spacial score (nSPS) is 13.9.